The van der Waals surface area contributed by atoms with Gasteiger partial charge in [-0.25, -0.2) is 0 Å². The molecule has 0 spiro atoms. The Hall–Kier alpha value is -2.73. The molecule has 1 atom stereocenters. The van der Waals surface area contributed by atoms with Crippen molar-refractivity contribution in [1.29, 1.82) is 0 Å². The van der Waals surface area contributed by atoms with Crippen molar-refractivity contribution in [2.45, 2.75) is 19.4 Å². The van der Waals surface area contributed by atoms with Crippen LogP contribution in [0.3, 0.4) is 0 Å². The number of non-ortho nitro benzene ring substituents is 1. The second kappa shape index (κ2) is 7.51. The number of carbonyl (C=O) groups excluding carboxylic acids is 1. The number of rotatable bonds is 6. The molecule has 0 heterocycles. The van der Waals surface area contributed by atoms with Gasteiger partial charge in [-0.05, 0) is 30.5 Å². The molecule has 2 aromatic rings. The fourth-order valence-electron chi connectivity index (χ4n) is 2.33. The van der Waals surface area contributed by atoms with E-state index in [0.717, 1.165) is 5.56 Å². The number of carbonyl (C=O) groups is 1. The number of aryl methyl sites for hydroxylation is 1. The van der Waals surface area contributed by atoms with E-state index >= 15 is 0 Å². The molecule has 120 valence electrons. The number of nitro benzene ring substituents is 1. The predicted molar refractivity (Wildman–Crippen MR) is 86.3 cm³/mol. The number of nitrogens with one attached hydrogen (secondary N) is 1. The fourth-order valence-corrected chi connectivity index (χ4v) is 2.33. The van der Waals surface area contributed by atoms with Crippen LogP contribution >= 0.6 is 0 Å². The average Bonchev–Trinajstić information content (AvgIpc) is 2.54. The first-order chi connectivity index (χ1) is 11.0. The summed E-state index contributed by atoms with van der Waals surface area (Å²) >= 11 is 0. The van der Waals surface area contributed by atoms with Gasteiger partial charge in [0.1, 0.15) is 0 Å². The van der Waals surface area contributed by atoms with E-state index in [1.807, 2.05) is 30.3 Å². The summed E-state index contributed by atoms with van der Waals surface area (Å²) in [6.07, 6.45) is 0.483. The first kappa shape index (κ1) is 16.6. The van der Waals surface area contributed by atoms with Crippen LogP contribution in [0.25, 0.3) is 0 Å². The van der Waals surface area contributed by atoms with Crippen LogP contribution in [0.5, 0.6) is 0 Å². The highest BCUT2D eigenvalue weighted by atomic mass is 16.6. The van der Waals surface area contributed by atoms with Crippen LogP contribution in [-0.2, 0) is 6.42 Å². The molecule has 23 heavy (non-hydrogen) atoms. The molecular formula is C17H18N2O4. The zero-order chi connectivity index (χ0) is 16.8. The number of hydrogen-bond donors (Lipinski definition) is 2. The van der Waals surface area contributed by atoms with Crippen molar-refractivity contribution in [3.63, 3.8) is 0 Å². The SMILES string of the molecule is Cc1cc(C(=O)NC(CO)Cc2ccccc2)cc([N+](=O)[O-])c1. The highest BCUT2D eigenvalue weighted by Crippen LogP contribution is 2.17. The Bertz CT molecular complexity index is 701. The third-order valence-corrected chi connectivity index (χ3v) is 3.42. The number of hydrogen-bond acceptors (Lipinski definition) is 4. The van der Waals surface area contributed by atoms with Gasteiger partial charge in [-0.15, -0.1) is 0 Å². The van der Waals surface area contributed by atoms with Crippen molar-refractivity contribution in [1.82, 2.24) is 5.32 Å². The summed E-state index contributed by atoms with van der Waals surface area (Å²) in [4.78, 5) is 22.6. The molecular weight excluding hydrogens is 296 g/mol. The number of benzene rings is 2. The monoisotopic (exact) mass is 314 g/mol. The lowest BCUT2D eigenvalue weighted by molar-refractivity contribution is -0.384. The van der Waals surface area contributed by atoms with Crippen molar-refractivity contribution in [3.8, 4) is 0 Å². The molecule has 1 amide bonds. The standard InChI is InChI=1S/C17H18N2O4/c1-12-7-14(10-16(8-12)19(22)23)17(21)18-15(11-20)9-13-5-3-2-4-6-13/h2-8,10,15,20H,9,11H2,1H3,(H,18,21). The Kier molecular flexibility index (Phi) is 5.43. The molecule has 0 aromatic heterocycles. The van der Waals surface area contributed by atoms with Gasteiger partial charge in [0.05, 0.1) is 17.6 Å². The maximum absolute atomic E-state index is 12.3. The van der Waals surface area contributed by atoms with Crippen molar-refractivity contribution >= 4 is 11.6 Å². The topological polar surface area (TPSA) is 92.5 Å². The Labute approximate surface area is 133 Å². The lowest BCUT2D eigenvalue weighted by Crippen LogP contribution is -2.39. The van der Waals surface area contributed by atoms with Gasteiger partial charge in [0.15, 0.2) is 0 Å². The molecule has 2 aromatic carbocycles. The minimum absolute atomic E-state index is 0.126. The fraction of sp³-hybridized carbons (Fsp3) is 0.235. The van der Waals surface area contributed by atoms with Crippen LogP contribution in [0.4, 0.5) is 5.69 Å². The largest absolute Gasteiger partial charge is 0.394 e. The van der Waals surface area contributed by atoms with Gasteiger partial charge < -0.3 is 10.4 Å². The Balaban J connectivity index is 2.12. The van der Waals surface area contributed by atoms with E-state index in [-0.39, 0.29) is 17.9 Å². The summed E-state index contributed by atoms with van der Waals surface area (Å²) in [6, 6.07) is 13.2. The Morgan fingerprint density at radius 2 is 1.96 bits per heavy atom. The first-order valence-corrected chi connectivity index (χ1v) is 7.21. The number of amides is 1. The maximum atomic E-state index is 12.3. The van der Waals surface area contributed by atoms with Gasteiger partial charge in [-0.3, -0.25) is 14.9 Å². The molecule has 0 fully saturated rings. The summed E-state index contributed by atoms with van der Waals surface area (Å²) < 4.78 is 0. The third-order valence-electron chi connectivity index (χ3n) is 3.42. The van der Waals surface area contributed by atoms with E-state index < -0.39 is 16.9 Å². The highest BCUT2D eigenvalue weighted by Gasteiger charge is 2.17. The van der Waals surface area contributed by atoms with Crippen LogP contribution in [0.15, 0.2) is 48.5 Å². The Morgan fingerprint density at radius 1 is 1.26 bits per heavy atom. The van der Waals surface area contributed by atoms with E-state index in [9.17, 15) is 20.0 Å². The predicted octanol–water partition coefficient (Wildman–Crippen LogP) is 2.24. The molecule has 0 saturated heterocycles. The normalized spacial score (nSPS) is 11.7. The number of nitro groups is 1. The molecule has 0 aliphatic carbocycles. The molecule has 2 N–H and O–H groups in total. The molecule has 0 aliphatic rings. The lowest BCUT2D eigenvalue weighted by Gasteiger charge is -2.16. The minimum Gasteiger partial charge on any atom is -0.394 e. The van der Waals surface area contributed by atoms with Gasteiger partial charge in [-0.1, -0.05) is 30.3 Å². The molecule has 6 nitrogen and oxygen atoms in total. The Morgan fingerprint density at radius 3 is 2.57 bits per heavy atom. The van der Waals surface area contributed by atoms with E-state index in [0.29, 0.717) is 12.0 Å². The average molecular weight is 314 g/mol. The smallest absolute Gasteiger partial charge is 0.270 e. The molecule has 0 aliphatic heterocycles. The molecule has 1 unspecified atom stereocenters. The summed E-state index contributed by atoms with van der Waals surface area (Å²) in [7, 11) is 0. The zero-order valence-electron chi connectivity index (χ0n) is 12.7. The first-order valence-electron chi connectivity index (χ1n) is 7.21. The lowest BCUT2D eigenvalue weighted by atomic mass is 10.1. The summed E-state index contributed by atoms with van der Waals surface area (Å²) in [5.74, 6) is -0.438. The second-order valence-electron chi connectivity index (χ2n) is 5.36. The third kappa shape index (κ3) is 4.62. The zero-order valence-corrected chi connectivity index (χ0v) is 12.7. The van der Waals surface area contributed by atoms with Gasteiger partial charge in [-0.2, -0.15) is 0 Å². The van der Waals surface area contributed by atoms with Gasteiger partial charge in [0.2, 0.25) is 0 Å². The van der Waals surface area contributed by atoms with Crippen LogP contribution in [0.2, 0.25) is 0 Å². The van der Waals surface area contributed by atoms with Crippen LogP contribution < -0.4 is 5.32 Å². The van der Waals surface area contributed by atoms with E-state index in [4.69, 9.17) is 0 Å². The quantitative estimate of drug-likeness (QED) is 0.631. The van der Waals surface area contributed by atoms with Crippen molar-refractivity contribution < 1.29 is 14.8 Å². The van der Waals surface area contributed by atoms with E-state index in [1.165, 1.54) is 12.1 Å². The molecule has 6 heteroatoms. The van der Waals surface area contributed by atoms with Gasteiger partial charge in [0.25, 0.3) is 11.6 Å². The van der Waals surface area contributed by atoms with Gasteiger partial charge >= 0.3 is 0 Å². The number of aliphatic hydroxyl groups excluding tert-OH is 1. The molecule has 0 radical (unpaired) electrons. The van der Waals surface area contributed by atoms with E-state index in [1.54, 1.807) is 13.0 Å². The molecule has 2 rings (SSSR count). The maximum Gasteiger partial charge on any atom is 0.270 e. The minimum atomic E-state index is -0.530. The van der Waals surface area contributed by atoms with Gasteiger partial charge in [0, 0.05) is 17.7 Å². The van der Waals surface area contributed by atoms with Crippen LogP contribution in [0, 0.1) is 17.0 Å². The van der Waals surface area contributed by atoms with Crippen molar-refractivity contribution in [3.05, 3.63) is 75.3 Å². The van der Waals surface area contributed by atoms with Crippen molar-refractivity contribution in [2.75, 3.05) is 6.61 Å². The summed E-state index contributed by atoms with van der Waals surface area (Å²) in [6.45, 7) is 1.48. The molecule has 0 bridgehead atoms. The van der Waals surface area contributed by atoms with Crippen LogP contribution in [-0.4, -0.2) is 28.6 Å². The number of nitrogens with zero attached hydrogens (tertiary/aromatic N) is 1. The number of aliphatic hydroxyl groups is 1. The highest BCUT2D eigenvalue weighted by molar-refractivity contribution is 5.95. The molecule has 0 saturated carbocycles. The summed E-state index contributed by atoms with van der Waals surface area (Å²) in [5.41, 5.74) is 1.71. The van der Waals surface area contributed by atoms with E-state index in [2.05, 4.69) is 5.32 Å². The second-order valence-corrected chi connectivity index (χ2v) is 5.36. The van der Waals surface area contributed by atoms with Crippen molar-refractivity contribution in [2.24, 2.45) is 0 Å². The summed E-state index contributed by atoms with van der Waals surface area (Å²) in [5, 5.41) is 23.1. The van der Waals surface area contributed by atoms with Crippen LogP contribution in [0.1, 0.15) is 21.5 Å².